The predicted molar refractivity (Wildman–Crippen MR) is 70.7 cm³/mol. The van der Waals surface area contributed by atoms with E-state index < -0.39 is 0 Å². The molecule has 1 aromatic carbocycles. The van der Waals surface area contributed by atoms with E-state index >= 15 is 0 Å². The maximum Gasteiger partial charge on any atom is 0.306 e. The van der Waals surface area contributed by atoms with Gasteiger partial charge in [0.05, 0.1) is 13.5 Å². The van der Waals surface area contributed by atoms with Crippen LogP contribution in [0.1, 0.15) is 31.7 Å². The first-order valence-corrected chi connectivity index (χ1v) is 6.22. The summed E-state index contributed by atoms with van der Waals surface area (Å²) in [5.74, 6) is 0.155. The number of ether oxygens (including phenoxy) is 1. The molecule has 1 aromatic rings. The van der Waals surface area contributed by atoms with Crippen LogP contribution in [0.3, 0.4) is 0 Å². The second kappa shape index (κ2) is 6.27. The highest BCUT2D eigenvalue weighted by molar-refractivity contribution is 6.34. The molecule has 0 heterocycles. The molecule has 0 bridgehead atoms. The number of benzene rings is 1. The Balaban J connectivity index is 3.01. The number of carbonyl (C=O) groups excluding carboxylic acids is 1. The maximum absolute atomic E-state index is 11.4. The average Bonchev–Trinajstić information content (AvgIpc) is 2.23. The summed E-state index contributed by atoms with van der Waals surface area (Å²) in [4.78, 5) is 11.4. The zero-order valence-electron chi connectivity index (χ0n) is 10.2. The molecule has 0 fully saturated rings. The summed E-state index contributed by atoms with van der Waals surface area (Å²) < 4.78 is 4.71. The number of methoxy groups -OCH3 is 1. The van der Waals surface area contributed by atoms with E-state index in [9.17, 15) is 4.79 Å². The van der Waals surface area contributed by atoms with Gasteiger partial charge in [-0.05, 0) is 35.6 Å². The molecule has 94 valence electrons. The van der Waals surface area contributed by atoms with Gasteiger partial charge >= 0.3 is 5.97 Å². The molecule has 0 unspecified atom stereocenters. The zero-order valence-corrected chi connectivity index (χ0v) is 11.7. The number of rotatable bonds is 4. The molecule has 17 heavy (non-hydrogen) atoms. The first kappa shape index (κ1) is 14.3. The van der Waals surface area contributed by atoms with Crippen LogP contribution in [0.2, 0.25) is 10.0 Å². The Hall–Kier alpha value is -0.730. The highest BCUT2D eigenvalue weighted by Crippen LogP contribution is 2.32. The molecule has 0 spiro atoms. The minimum Gasteiger partial charge on any atom is -0.469 e. The Morgan fingerprint density at radius 1 is 1.24 bits per heavy atom. The van der Waals surface area contributed by atoms with E-state index in [1.54, 1.807) is 6.07 Å². The van der Waals surface area contributed by atoms with Gasteiger partial charge in [0, 0.05) is 10.0 Å². The molecular weight excluding hydrogens is 259 g/mol. The summed E-state index contributed by atoms with van der Waals surface area (Å²) in [6, 6.07) is 5.38. The van der Waals surface area contributed by atoms with Crippen LogP contribution in [0.5, 0.6) is 0 Å². The van der Waals surface area contributed by atoms with E-state index in [1.807, 2.05) is 12.1 Å². The fraction of sp³-hybridized carbons (Fsp3) is 0.462. The molecule has 0 radical (unpaired) electrons. The lowest BCUT2D eigenvalue weighted by Crippen LogP contribution is -2.13. The summed E-state index contributed by atoms with van der Waals surface area (Å²) in [6.45, 7) is 4.12. The predicted octanol–water partition coefficient (Wildman–Crippen LogP) is 4.30. The van der Waals surface area contributed by atoms with Gasteiger partial charge in [0.2, 0.25) is 0 Å². The van der Waals surface area contributed by atoms with Crippen LogP contribution in [0.4, 0.5) is 0 Å². The van der Waals surface area contributed by atoms with Gasteiger partial charge in [0.1, 0.15) is 0 Å². The van der Waals surface area contributed by atoms with Crippen LogP contribution in [-0.2, 0) is 9.53 Å². The molecule has 0 N–H and O–H groups in total. The molecule has 0 saturated carbocycles. The quantitative estimate of drug-likeness (QED) is 0.766. The Morgan fingerprint density at radius 3 is 2.18 bits per heavy atom. The number of halogens is 2. The molecule has 0 aliphatic rings. The molecular formula is C13H16Cl2O2. The van der Waals surface area contributed by atoms with E-state index in [-0.39, 0.29) is 11.9 Å². The fourth-order valence-corrected chi connectivity index (χ4v) is 2.33. The Bertz CT molecular complexity index is 382. The van der Waals surface area contributed by atoms with Crippen molar-refractivity contribution in [1.29, 1.82) is 0 Å². The van der Waals surface area contributed by atoms with Crippen LogP contribution < -0.4 is 0 Å². The molecule has 4 heteroatoms. The van der Waals surface area contributed by atoms with Crippen LogP contribution >= 0.6 is 23.2 Å². The highest BCUT2D eigenvalue weighted by Gasteiger charge is 2.20. The standard InChI is InChI=1S/C13H16Cl2O2/c1-8(2)12(7-13(16)17-3)9-4-10(14)6-11(15)5-9/h4-6,8,12H,7H2,1-3H3/t12-/m1/s1. The molecule has 2 nitrogen and oxygen atoms in total. The van der Waals surface area contributed by atoms with Crippen molar-refractivity contribution >= 4 is 29.2 Å². The van der Waals surface area contributed by atoms with Crippen molar-refractivity contribution in [1.82, 2.24) is 0 Å². The van der Waals surface area contributed by atoms with Crippen molar-refractivity contribution in [2.45, 2.75) is 26.2 Å². The van der Waals surface area contributed by atoms with Gasteiger partial charge < -0.3 is 4.74 Å². The van der Waals surface area contributed by atoms with Crippen molar-refractivity contribution in [2.24, 2.45) is 5.92 Å². The monoisotopic (exact) mass is 274 g/mol. The Labute approximate surface area is 112 Å². The fourth-order valence-electron chi connectivity index (χ4n) is 1.79. The van der Waals surface area contributed by atoms with Gasteiger partial charge in [0.15, 0.2) is 0 Å². The molecule has 1 rings (SSSR count). The van der Waals surface area contributed by atoms with Gasteiger partial charge in [0.25, 0.3) is 0 Å². The van der Waals surface area contributed by atoms with Gasteiger partial charge in [-0.2, -0.15) is 0 Å². The van der Waals surface area contributed by atoms with Crippen LogP contribution in [-0.4, -0.2) is 13.1 Å². The maximum atomic E-state index is 11.4. The van der Waals surface area contributed by atoms with Crippen LogP contribution in [0.25, 0.3) is 0 Å². The van der Waals surface area contributed by atoms with Gasteiger partial charge in [-0.3, -0.25) is 4.79 Å². The topological polar surface area (TPSA) is 26.3 Å². The molecule has 0 aromatic heterocycles. The second-order valence-electron chi connectivity index (χ2n) is 4.33. The summed E-state index contributed by atoms with van der Waals surface area (Å²) in [5, 5.41) is 1.17. The van der Waals surface area contributed by atoms with E-state index in [0.717, 1.165) is 5.56 Å². The van der Waals surface area contributed by atoms with E-state index in [2.05, 4.69) is 13.8 Å². The van der Waals surface area contributed by atoms with Crippen LogP contribution in [0.15, 0.2) is 18.2 Å². The van der Waals surface area contributed by atoms with Crippen molar-refractivity contribution in [3.8, 4) is 0 Å². The van der Waals surface area contributed by atoms with Crippen molar-refractivity contribution in [3.63, 3.8) is 0 Å². The largest absolute Gasteiger partial charge is 0.469 e. The van der Waals surface area contributed by atoms with E-state index in [0.29, 0.717) is 22.4 Å². The number of esters is 1. The molecule has 0 aliphatic heterocycles. The third-order valence-corrected chi connectivity index (χ3v) is 3.17. The molecule has 1 atom stereocenters. The number of carbonyl (C=O) groups is 1. The molecule has 0 saturated heterocycles. The SMILES string of the molecule is COC(=O)C[C@@H](c1cc(Cl)cc(Cl)c1)C(C)C. The van der Waals surface area contributed by atoms with Crippen molar-refractivity contribution < 1.29 is 9.53 Å². The lowest BCUT2D eigenvalue weighted by atomic mass is 9.86. The first-order valence-electron chi connectivity index (χ1n) is 5.47. The van der Waals surface area contributed by atoms with Gasteiger partial charge in [-0.25, -0.2) is 0 Å². The molecule has 0 aliphatic carbocycles. The number of hydrogen-bond acceptors (Lipinski definition) is 2. The van der Waals surface area contributed by atoms with Crippen LogP contribution in [0, 0.1) is 5.92 Å². The smallest absolute Gasteiger partial charge is 0.306 e. The third kappa shape index (κ3) is 4.21. The number of hydrogen-bond donors (Lipinski definition) is 0. The lowest BCUT2D eigenvalue weighted by molar-refractivity contribution is -0.141. The zero-order chi connectivity index (χ0) is 13.0. The Morgan fingerprint density at radius 2 is 1.76 bits per heavy atom. The van der Waals surface area contributed by atoms with Gasteiger partial charge in [-0.1, -0.05) is 37.0 Å². The minimum atomic E-state index is -0.222. The highest BCUT2D eigenvalue weighted by atomic mass is 35.5. The van der Waals surface area contributed by atoms with E-state index in [1.165, 1.54) is 7.11 Å². The van der Waals surface area contributed by atoms with Gasteiger partial charge in [-0.15, -0.1) is 0 Å². The lowest BCUT2D eigenvalue weighted by Gasteiger charge is -2.20. The third-order valence-electron chi connectivity index (χ3n) is 2.73. The Kier molecular flexibility index (Phi) is 5.29. The minimum absolute atomic E-state index is 0.0682. The summed E-state index contributed by atoms with van der Waals surface area (Å²) in [5.41, 5.74) is 0.975. The molecule has 0 amide bonds. The van der Waals surface area contributed by atoms with Crippen molar-refractivity contribution in [3.05, 3.63) is 33.8 Å². The normalized spacial score (nSPS) is 12.6. The van der Waals surface area contributed by atoms with E-state index in [4.69, 9.17) is 27.9 Å². The summed E-state index contributed by atoms with van der Waals surface area (Å²) in [7, 11) is 1.39. The average molecular weight is 275 g/mol. The summed E-state index contributed by atoms with van der Waals surface area (Å²) in [6.07, 6.45) is 0.338. The van der Waals surface area contributed by atoms with Crippen molar-refractivity contribution in [2.75, 3.05) is 7.11 Å². The first-order chi connectivity index (χ1) is 7.93. The second-order valence-corrected chi connectivity index (χ2v) is 5.21. The summed E-state index contributed by atoms with van der Waals surface area (Å²) >= 11 is 11.9.